The molecule has 0 atom stereocenters. The number of hydrogen-bond acceptors (Lipinski definition) is 6. The van der Waals surface area contributed by atoms with Gasteiger partial charge in [-0.15, -0.1) is 0 Å². The molecule has 0 unspecified atom stereocenters. The monoisotopic (exact) mass is 748 g/mol. The van der Waals surface area contributed by atoms with Gasteiger partial charge >= 0.3 is 0 Å². The zero-order chi connectivity index (χ0) is 31.5. The molecule has 1 aromatic heterocycles. The highest BCUT2D eigenvalue weighted by molar-refractivity contribution is 9.11. The van der Waals surface area contributed by atoms with Crippen molar-refractivity contribution < 1.29 is 18.8 Å². The number of amides is 1. The van der Waals surface area contributed by atoms with Crippen molar-refractivity contribution in [2.24, 2.45) is 4.99 Å². The van der Waals surface area contributed by atoms with Crippen LogP contribution in [0.15, 0.2) is 110 Å². The first-order valence-corrected chi connectivity index (χ1v) is 16.1. The number of aromatic amines is 1. The Morgan fingerprint density at radius 3 is 2.44 bits per heavy atom. The van der Waals surface area contributed by atoms with Gasteiger partial charge in [0.05, 0.1) is 24.5 Å². The average Bonchev–Trinajstić information content (AvgIpc) is 3.56. The first kappa shape index (κ1) is 30.8. The normalized spacial score (nSPS) is 15.0. The van der Waals surface area contributed by atoms with E-state index in [0.29, 0.717) is 49.0 Å². The van der Waals surface area contributed by atoms with Crippen LogP contribution in [0.2, 0.25) is 0 Å². The topological polar surface area (TPSA) is 101 Å². The van der Waals surface area contributed by atoms with Crippen molar-refractivity contribution in [1.82, 2.24) is 9.88 Å². The molecule has 226 valence electrons. The summed E-state index contributed by atoms with van der Waals surface area (Å²) >= 11 is 8.34. The Morgan fingerprint density at radius 2 is 1.71 bits per heavy atom. The van der Waals surface area contributed by atoms with Crippen molar-refractivity contribution in [2.75, 3.05) is 6.54 Å². The van der Waals surface area contributed by atoms with Crippen LogP contribution in [0.5, 0.6) is 5.75 Å². The predicted molar refractivity (Wildman–Crippen MR) is 182 cm³/mol. The van der Waals surface area contributed by atoms with E-state index in [-0.39, 0.29) is 24.0 Å². The van der Waals surface area contributed by atoms with Crippen LogP contribution in [0.3, 0.4) is 0 Å². The molecule has 1 saturated heterocycles. The number of H-pyrrole nitrogens is 1. The second kappa shape index (κ2) is 13.4. The lowest BCUT2D eigenvalue weighted by atomic mass is 10.1. The van der Waals surface area contributed by atoms with Gasteiger partial charge in [-0.2, -0.15) is 0 Å². The minimum Gasteiger partial charge on any atom is -0.486 e. The number of benzene rings is 4. The maximum absolute atomic E-state index is 14.1. The molecule has 8 nitrogen and oxygen atoms in total. The maximum atomic E-state index is 14.1. The summed E-state index contributed by atoms with van der Waals surface area (Å²) in [5.41, 5.74) is 3.72. The number of para-hydroxylation sites is 1. The van der Waals surface area contributed by atoms with Crippen LogP contribution in [0.1, 0.15) is 16.7 Å². The first-order chi connectivity index (χ1) is 21.8. The van der Waals surface area contributed by atoms with Gasteiger partial charge in [-0.1, -0.05) is 36.4 Å². The van der Waals surface area contributed by atoms with E-state index < -0.39 is 4.92 Å². The van der Waals surface area contributed by atoms with E-state index in [0.717, 1.165) is 22.0 Å². The summed E-state index contributed by atoms with van der Waals surface area (Å²) in [5.74, 6) is -0.0393. The number of carbonyl (C=O) groups is 1. The molecule has 1 N–H and O–H groups in total. The fraction of sp³-hybridized carbons (Fsp3) is 0.0909. The standard InChI is InChI=1S/C33H23Br2FN4O4S/c34-26-15-20(16-27(35)31(26)44-19-22-5-1-3-7-28(22)36)17-30-32(41)39(14-13-21-18-37-29-8-4-2-6-25(21)29)33(45-30)38-23-9-11-24(12-10-23)40(42)43/h1-12,15-18,37H,13-14,19H2/b30-17-,38-33?. The lowest BCUT2D eigenvalue weighted by Crippen LogP contribution is -2.31. The van der Waals surface area contributed by atoms with Gasteiger partial charge in [0, 0.05) is 41.3 Å². The number of nitro benzene ring substituents is 1. The molecular weight excluding hydrogens is 727 g/mol. The van der Waals surface area contributed by atoms with Gasteiger partial charge in [-0.05, 0) is 104 Å². The Hall–Kier alpha value is -4.26. The molecule has 1 fully saturated rings. The Labute approximate surface area is 278 Å². The number of thioether (sulfide) groups is 1. The number of aromatic nitrogens is 1. The van der Waals surface area contributed by atoms with Gasteiger partial charge in [0.1, 0.15) is 18.2 Å². The summed E-state index contributed by atoms with van der Waals surface area (Å²) < 4.78 is 21.3. The lowest BCUT2D eigenvalue weighted by molar-refractivity contribution is -0.384. The van der Waals surface area contributed by atoms with Crippen molar-refractivity contribution in [3.63, 3.8) is 0 Å². The third-order valence-corrected chi connectivity index (χ3v) is 9.29. The van der Waals surface area contributed by atoms with Gasteiger partial charge < -0.3 is 9.72 Å². The van der Waals surface area contributed by atoms with E-state index in [2.05, 4.69) is 36.8 Å². The van der Waals surface area contributed by atoms with Crippen LogP contribution in [0, 0.1) is 15.9 Å². The number of nitrogens with one attached hydrogen (secondary N) is 1. The molecule has 1 amide bonds. The molecule has 4 aromatic carbocycles. The number of non-ortho nitro benzene ring substituents is 1. The summed E-state index contributed by atoms with van der Waals surface area (Å²) in [4.78, 5) is 34.5. The number of halogens is 3. The number of rotatable bonds is 9. The van der Waals surface area contributed by atoms with Gasteiger partial charge in [-0.3, -0.25) is 19.8 Å². The van der Waals surface area contributed by atoms with Crippen molar-refractivity contribution in [3.8, 4) is 5.75 Å². The first-order valence-electron chi connectivity index (χ1n) is 13.7. The van der Waals surface area contributed by atoms with E-state index in [9.17, 15) is 19.3 Å². The van der Waals surface area contributed by atoms with E-state index >= 15 is 0 Å². The molecule has 1 aliphatic rings. The van der Waals surface area contributed by atoms with Crippen LogP contribution < -0.4 is 4.74 Å². The Kier molecular flexibility index (Phi) is 9.15. The third kappa shape index (κ3) is 6.87. The second-order valence-electron chi connectivity index (χ2n) is 10.0. The van der Waals surface area contributed by atoms with E-state index in [1.165, 1.54) is 30.0 Å². The fourth-order valence-corrected chi connectivity index (χ4v) is 7.31. The third-order valence-electron chi connectivity index (χ3n) is 7.10. The number of carbonyl (C=O) groups excluding carboxylic acids is 1. The van der Waals surface area contributed by atoms with Crippen molar-refractivity contribution in [2.45, 2.75) is 13.0 Å². The van der Waals surface area contributed by atoms with Crippen LogP contribution in [0.4, 0.5) is 15.8 Å². The largest absolute Gasteiger partial charge is 0.486 e. The van der Waals surface area contributed by atoms with E-state index in [1.54, 1.807) is 41.3 Å². The number of fused-ring (bicyclic) bond motifs is 1. The van der Waals surface area contributed by atoms with E-state index in [1.807, 2.05) is 42.6 Å². The number of amidine groups is 1. The fourth-order valence-electron chi connectivity index (χ4n) is 4.84. The van der Waals surface area contributed by atoms with Gasteiger partial charge in [0.15, 0.2) is 5.17 Å². The van der Waals surface area contributed by atoms with Crippen LogP contribution >= 0.6 is 43.6 Å². The average molecular weight is 750 g/mol. The van der Waals surface area contributed by atoms with Gasteiger partial charge in [0.25, 0.3) is 11.6 Å². The minimum absolute atomic E-state index is 0.0386. The lowest BCUT2D eigenvalue weighted by Gasteiger charge is -2.15. The number of hydrogen-bond donors (Lipinski definition) is 1. The Balaban J connectivity index is 1.27. The number of ether oxygens (including phenoxy) is 1. The van der Waals surface area contributed by atoms with Crippen molar-refractivity contribution in [1.29, 1.82) is 0 Å². The molecule has 2 heterocycles. The molecule has 0 bridgehead atoms. The summed E-state index contributed by atoms with van der Waals surface area (Å²) in [5, 5.41) is 12.7. The van der Waals surface area contributed by atoms with Crippen molar-refractivity contribution >= 4 is 83.1 Å². The van der Waals surface area contributed by atoms with Crippen molar-refractivity contribution in [3.05, 3.63) is 138 Å². The highest BCUT2D eigenvalue weighted by Crippen LogP contribution is 2.39. The Morgan fingerprint density at radius 1 is 1.00 bits per heavy atom. The summed E-state index contributed by atoms with van der Waals surface area (Å²) in [7, 11) is 0. The quantitative estimate of drug-likeness (QED) is 0.0921. The van der Waals surface area contributed by atoms with Crippen LogP contribution in [-0.4, -0.2) is 32.4 Å². The van der Waals surface area contributed by atoms with Gasteiger partial charge in [0.2, 0.25) is 0 Å². The van der Waals surface area contributed by atoms with Crippen LogP contribution in [0.25, 0.3) is 17.0 Å². The molecule has 0 spiro atoms. The molecule has 1 aliphatic heterocycles. The molecule has 0 aliphatic carbocycles. The van der Waals surface area contributed by atoms with E-state index in [4.69, 9.17) is 9.73 Å². The number of aliphatic imine (C=N–C) groups is 1. The van der Waals surface area contributed by atoms with Crippen LogP contribution in [-0.2, 0) is 17.8 Å². The summed E-state index contributed by atoms with van der Waals surface area (Å²) in [6.45, 7) is 0.430. The SMILES string of the molecule is O=C1/C(=C/c2cc(Br)c(OCc3ccccc3F)c(Br)c2)SC(=Nc2ccc([N+](=O)[O-])cc2)N1CCc1c[nH]c2ccccc12. The Bertz CT molecular complexity index is 1970. The summed E-state index contributed by atoms with van der Waals surface area (Å²) in [6, 6.07) is 24.0. The zero-order valence-corrected chi connectivity index (χ0v) is 27.4. The molecule has 0 saturated carbocycles. The molecule has 5 aromatic rings. The predicted octanol–water partition coefficient (Wildman–Crippen LogP) is 9.17. The smallest absolute Gasteiger partial charge is 0.269 e. The maximum Gasteiger partial charge on any atom is 0.269 e. The molecule has 6 rings (SSSR count). The molecular formula is C33H23Br2FN4O4S. The molecule has 0 radical (unpaired) electrons. The second-order valence-corrected chi connectivity index (χ2v) is 12.8. The summed E-state index contributed by atoms with van der Waals surface area (Å²) in [6.07, 6.45) is 4.32. The minimum atomic E-state index is -0.467. The molecule has 12 heteroatoms. The molecule has 45 heavy (non-hydrogen) atoms. The van der Waals surface area contributed by atoms with Gasteiger partial charge in [-0.25, -0.2) is 9.38 Å². The number of nitrogens with zero attached hydrogens (tertiary/aromatic N) is 3. The highest BCUT2D eigenvalue weighted by atomic mass is 79.9. The number of nitro groups is 1. The zero-order valence-electron chi connectivity index (χ0n) is 23.4. The highest BCUT2D eigenvalue weighted by Gasteiger charge is 2.33.